The molecule has 2 rings (SSSR count). The fourth-order valence-electron chi connectivity index (χ4n) is 1.91. The fraction of sp³-hybridized carbons (Fsp3) is 0.417. The van der Waals surface area contributed by atoms with E-state index in [-0.39, 0.29) is 29.9 Å². The van der Waals surface area contributed by atoms with Gasteiger partial charge < -0.3 is 10.6 Å². The number of hydrogen-bond acceptors (Lipinski definition) is 2. The molecule has 0 aliphatic carbocycles. The van der Waals surface area contributed by atoms with Crippen LogP contribution in [-0.2, 0) is 4.79 Å². The summed E-state index contributed by atoms with van der Waals surface area (Å²) in [6, 6.07) is 3.74. The number of nitrogens with one attached hydrogen (secondary N) is 2. The number of hydrogen-bond donors (Lipinski definition) is 2. The summed E-state index contributed by atoms with van der Waals surface area (Å²) in [5, 5.41) is 5.53. The zero-order chi connectivity index (χ0) is 12.3. The molecule has 0 spiro atoms. The van der Waals surface area contributed by atoms with Crippen molar-refractivity contribution in [1.82, 2.24) is 5.32 Å². The number of anilines is 1. The normalized spacial score (nSPS) is 18.9. The SMILES string of the molecule is Cl.O=C(Nc1cccc(F)c1F)[C@@H]1CCCNC1. The summed E-state index contributed by atoms with van der Waals surface area (Å²) in [5.74, 6) is -2.40. The van der Waals surface area contributed by atoms with Crippen LogP contribution < -0.4 is 10.6 Å². The second-order valence-corrected chi connectivity index (χ2v) is 4.13. The van der Waals surface area contributed by atoms with E-state index in [9.17, 15) is 13.6 Å². The first-order valence-electron chi connectivity index (χ1n) is 5.64. The topological polar surface area (TPSA) is 41.1 Å². The summed E-state index contributed by atoms with van der Waals surface area (Å²) in [6.07, 6.45) is 1.69. The predicted molar refractivity (Wildman–Crippen MR) is 67.8 cm³/mol. The van der Waals surface area contributed by atoms with E-state index in [0.717, 1.165) is 25.5 Å². The summed E-state index contributed by atoms with van der Waals surface area (Å²) < 4.78 is 26.3. The Morgan fingerprint density at radius 1 is 1.39 bits per heavy atom. The molecule has 1 heterocycles. The number of carbonyl (C=O) groups is 1. The number of rotatable bonds is 2. The van der Waals surface area contributed by atoms with Crippen molar-refractivity contribution in [1.29, 1.82) is 0 Å². The lowest BCUT2D eigenvalue weighted by Crippen LogP contribution is -2.37. The van der Waals surface area contributed by atoms with Gasteiger partial charge in [-0.1, -0.05) is 6.07 Å². The highest BCUT2D eigenvalue weighted by Gasteiger charge is 2.22. The Bertz CT molecular complexity index is 423. The largest absolute Gasteiger partial charge is 0.323 e. The molecule has 1 saturated heterocycles. The molecule has 0 bridgehead atoms. The molecule has 3 nitrogen and oxygen atoms in total. The van der Waals surface area contributed by atoms with Crippen molar-refractivity contribution < 1.29 is 13.6 Å². The van der Waals surface area contributed by atoms with Crippen LogP contribution in [0.1, 0.15) is 12.8 Å². The van der Waals surface area contributed by atoms with Gasteiger partial charge in [0.1, 0.15) is 0 Å². The molecule has 0 radical (unpaired) electrons. The minimum atomic E-state index is -1.01. The number of amides is 1. The monoisotopic (exact) mass is 276 g/mol. The van der Waals surface area contributed by atoms with E-state index in [2.05, 4.69) is 10.6 Å². The Hall–Kier alpha value is -1.20. The van der Waals surface area contributed by atoms with Gasteiger partial charge in [0.25, 0.3) is 0 Å². The number of carbonyl (C=O) groups excluding carboxylic acids is 1. The van der Waals surface area contributed by atoms with Crippen LogP contribution in [0.25, 0.3) is 0 Å². The van der Waals surface area contributed by atoms with Crippen LogP contribution in [0.15, 0.2) is 18.2 Å². The highest BCUT2D eigenvalue weighted by atomic mass is 35.5. The first-order valence-corrected chi connectivity index (χ1v) is 5.64. The smallest absolute Gasteiger partial charge is 0.228 e. The lowest BCUT2D eigenvalue weighted by atomic mass is 9.99. The van der Waals surface area contributed by atoms with Gasteiger partial charge in [-0.25, -0.2) is 8.78 Å². The third-order valence-electron chi connectivity index (χ3n) is 2.88. The molecule has 1 aliphatic rings. The number of piperidine rings is 1. The standard InChI is InChI=1S/C12H14F2N2O.ClH/c13-9-4-1-5-10(11(9)14)16-12(17)8-3-2-6-15-7-8;/h1,4-5,8,15H,2-3,6-7H2,(H,16,17);1H/t8-;/m1./s1. The molecule has 1 fully saturated rings. The molecule has 0 saturated carbocycles. The Balaban J connectivity index is 0.00000162. The molecule has 1 atom stereocenters. The Kier molecular flexibility index (Phi) is 5.50. The van der Waals surface area contributed by atoms with Crippen molar-refractivity contribution >= 4 is 24.0 Å². The van der Waals surface area contributed by atoms with Gasteiger partial charge >= 0.3 is 0 Å². The molecule has 1 aromatic rings. The van der Waals surface area contributed by atoms with Gasteiger partial charge in [0, 0.05) is 6.54 Å². The summed E-state index contributed by atoms with van der Waals surface area (Å²) >= 11 is 0. The van der Waals surface area contributed by atoms with Crippen molar-refractivity contribution in [3.8, 4) is 0 Å². The van der Waals surface area contributed by atoms with Gasteiger partial charge in [-0.2, -0.15) is 0 Å². The maximum Gasteiger partial charge on any atom is 0.228 e. The summed E-state index contributed by atoms with van der Waals surface area (Å²) in [7, 11) is 0. The number of benzene rings is 1. The lowest BCUT2D eigenvalue weighted by Gasteiger charge is -2.21. The second-order valence-electron chi connectivity index (χ2n) is 4.13. The first-order chi connectivity index (χ1) is 8.18. The summed E-state index contributed by atoms with van der Waals surface area (Å²) in [5.41, 5.74) is -0.0967. The molecular weight excluding hydrogens is 262 g/mol. The molecule has 1 aromatic carbocycles. The fourth-order valence-corrected chi connectivity index (χ4v) is 1.91. The van der Waals surface area contributed by atoms with Crippen LogP contribution in [0.5, 0.6) is 0 Å². The molecule has 6 heteroatoms. The lowest BCUT2D eigenvalue weighted by molar-refractivity contribution is -0.120. The average molecular weight is 277 g/mol. The third kappa shape index (κ3) is 3.40. The number of halogens is 3. The van der Waals surface area contributed by atoms with Crippen molar-refractivity contribution in [2.45, 2.75) is 12.8 Å². The maximum absolute atomic E-state index is 13.3. The molecule has 1 amide bonds. The maximum atomic E-state index is 13.3. The minimum Gasteiger partial charge on any atom is -0.323 e. The molecule has 2 N–H and O–H groups in total. The Morgan fingerprint density at radius 2 is 2.17 bits per heavy atom. The quantitative estimate of drug-likeness (QED) is 0.870. The van der Waals surface area contributed by atoms with Crippen molar-refractivity contribution in [3.05, 3.63) is 29.8 Å². The molecule has 0 aromatic heterocycles. The zero-order valence-corrected chi connectivity index (χ0v) is 10.5. The van der Waals surface area contributed by atoms with Crippen molar-refractivity contribution in [3.63, 3.8) is 0 Å². The van der Waals surface area contributed by atoms with Crippen LogP contribution >= 0.6 is 12.4 Å². The highest BCUT2D eigenvalue weighted by molar-refractivity contribution is 5.92. The van der Waals surface area contributed by atoms with Gasteiger partial charge in [0.05, 0.1) is 11.6 Å². The van der Waals surface area contributed by atoms with Crippen LogP contribution in [-0.4, -0.2) is 19.0 Å². The summed E-state index contributed by atoms with van der Waals surface area (Å²) in [4.78, 5) is 11.8. The Labute approximate surface area is 110 Å². The summed E-state index contributed by atoms with van der Waals surface area (Å²) in [6.45, 7) is 1.49. The van der Waals surface area contributed by atoms with Gasteiger partial charge in [-0.3, -0.25) is 4.79 Å². The van der Waals surface area contributed by atoms with E-state index in [4.69, 9.17) is 0 Å². The minimum absolute atomic E-state index is 0. The highest BCUT2D eigenvalue weighted by Crippen LogP contribution is 2.19. The van der Waals surface area contributed by atoms with Crippen molar-refractivity contribution in [2.24, 2.45) is 5.92 Å². The molecular formula is C12H15ClF2N2O. The van der Waals surface area contributed by atoms with Crippen LogP contribution in [0, 0.1) is 17.6 Å². The van der Waals surface area contributed by atoms with Crippen LogP contribution in [0.4, 0.5) is 14.5 Å². The zero-order valence-electron chi connectivity index (χ0n) is 9.71. The molecule has 1 aliphatic heterocycles. The van der Waals surface area contributed by atoms with Crippen molar-refractivity contribution in [2.75, 3.05) is 18.4 Å². The molecule has 0 unspecified atom stereocenters. The van der Waals surface area contributed by atoms with E-state index in [1.807, 2.05) is 0 Å². The Morgan fingerprint density at radius 3 is 2.83 bits per heavy atom. The molecule has 18 heavy (non-hydrogen) atoms. The van der Waals surface area contributed by atoms with E-state index >= 15 is 0 Å². The van der Waals surface area contributed by atoms with E-state index in [1.54, 1.807) is 0 Å². The van der Waals surface area contributed by atoms with Crippen LogP contribution in [0.2, 0.25) is 0 Å². The van der Waals surface area contributed by atoms with Gasteiger partial charge in [-0.15, -0.1) is 12.4 Å². The second kappa shape index (κ2) is 6.66. The van der Waals surface area contributed by atoms with Gasteiger partial charge in [0.2, 0.25) is 5.91 Å². The predicted octanol–water partition coefficient (Wildman–Crippen LogP) is 2.32. The van der Waals surface area contributed by atoms with E-state index in [0.29, 0.717) is 6.54 Å². The first kappa shape index (κ1) is 14.9. The van der Waals surface area contributed by atoms with Gasteiger partial charge in [0.15, 0.2) is 11.6 Å². The van der Waals surface area contributed by atoms with Gasteiger partial charge in [-0.05, 0) is 31.5 Å². The third-order valence-corrected chi connectivity index (χ3v) is 2.88. The van der Waals surface area contributed by atoms with E-state index < -0.39 is 11.6 Å². The molecule has 100 valence electrons. The van der Waals surface area contributed by atoms with E-state index in [1.165, 1.54) is 12.1 Å². The average Bonchev–Trinajstić information content (AvgIpc) is 2.36. The van der Waals surface area contributed by atoms with Crippen LogP contribution in [0.3, 0.4) is 0 Å².